The van der Waals surface area contributed by atoms with Crippen LogP contribution in [0.15, 0.2) is 29.1 Å². The van der Waals surface area contributed by atoms with Crippen LogP contribution in [0.1, 0.15) is 42.6 Å². The Bertz CT molecular complexity index is 758. The number of amides is 1. The Labute approximate surface area is 142 Å². The summed E-state index contributed by atoms with van der Waals surface area (Å²) in [6, 6.07) is 7.35. The van der Waals surface area contributed by atoms with E-state index in [1.807, 2.05) is 32.9 Å². The van der Waals surface area contributed by atoms with Crippen LogP contribution in [0, 0.1) is 10.5 Å². The quantitative estimate of drug-likeness (QED) is 0.746. The van der Waals surface area contributed by atoms with Crippen LogP contribution in [-0.2, 0) is 5.41 Å². The normalized spacial score (nSPS) is 11.3. The number of aryl methyl sites for hydroxylation is 1. The molecule has 22 heavy (non-hydrogen) atoms. The van der Waals surface area contributed by atoms with Gasteiger partial charge in [-0.3, -0.25) is 9.59 Å². The molecule has 0 bridgehead atoms. The van der Waals surface area contributed by atoms with E-state index in [9.17, 15) is 9.59 Å². The molecule has 0 saturated carbocycles. The van der Waals surface area contributed by atoms with Crippen LogP contribution in [0.4, 0.5) is 5.69 Å². The van der Waals surface area contributed by atoms with E-state index in [1.165, 1.54) is 0 Å². The fraction of sp³-hybridized carbons (Fsp3) is 0.312. The summed E-state index contributed by atoms with van der Waals surface area (Å²) in [6.07, 6.45) is 0. The Balaban J connectivity index is 2.34. The molecule has 0 fully saturated rings. The van der Waals surface area contributed by atoms with Gasteiger partial charge in [0.25, 0.3) is 11.5 Å². The number of halogens is 1. The van der Waals surface area contributed by atoms with Crippen LogP contribution in [0.5, 0.6) is 0 Å². The molecule has 0 aliphatic rings. The SMILES string of the molecule is Cc1nc(C(C)(C)C)[nH]c(=O)c1C(=O)Nc1ccc(I)cc1. The first-order chi connectivity index (χ1) is 10.2. The summed E-state index contributed by atoms with van der Waals surface area (Å²) in [6.45, 7) is 7.54. The molecule has 0 spiro atoms. The van der Waals surface area contributed by atoms with Gasteiger partial charge in [0.05, 0.1) is 5.69 Å². The molecule has 0 atom stereocenters. The van der Waals surface area contributed by atoms with E-state index < -0.39 is 11.5 Å². The van der Waals surface area contributed by atoms with Crippen LogP contribution in [0.2, 0.25) is 0 Å². The average molecular weight is 411 g/mol. The van der Waals surface area contributed by atoms with E-state index in [2.05, 4.69) is 37.9 Å². The smallest absolute Gasteiger partial charge is 0.264 e. The van der Waals surface area contributed by atoms with E-state index >= 15 is 0 Å². The first kappa shape index (κ1) is 16.7. The lowest BCUT2D eigenvalue weighted by atomic mass is 9.95. The predicted molar refractivity (Wildman–Crippen MR) is 95.4 cm³/mol. The Kier molecular flexibility index (Phi) is 4.69. The molecule has 5 nitrogen and oxygen atoms in total. The van der Waals surface area contributed by atoms with E-state index in [4.69, 9.17) is 0 Å². The fourth-order valence-electron chi connectivity index (χ4n) is 1.94. The first-order valence-corrected chi connectivity index (χ1v) is 7.94. The van der Waals surface area contributed by atoms with Gasteiger partial charge in [-0.15, -0.1) is 0 Å². The number of hydrogen-bond acceptors (Lipinski definition) is 3. The van der Waals surface area contributed by atoms with Gasteiger partial charge in [-0.2, -0.15) is 0 Å². The van der Waals surface area contributed by atoms with Crippen molar-refractivity contribution >= 4 is 34.2 Å². The molecule has 116 valence electrons. The molecule has 1 aromatic heterocycles. The Hall–Kier alpha value is -1.70. The molecule has 2 aromatic rings. The number of hydrogen-bond donors (Lipinski definition) is 2. The monoisotopic (exact) mass is 411 g/mol. The van der Waals surface area contributed by atoms with Crippen LogP contribution in [0.25, 0.3) is 0 Å². The maximum Gasteiger partial charge on any atom is 0.264 e. The topological polar surface area (TPSA) is 74.8 Å². The zero-order valence-corrected chi connectivity index (χ0v) is 15.1. The molecule has 1 heterocycles. The van der Waals surface area contributed by atoms with Gasteiger partial charge in [-0.05, 0) is 53.8 Å². The van der Waals surface area contributed by atoms with Crippen molar-refractivity contribution in [1.82, 2.24) is 9.97 Å². The molecule has 0 unspecified atom stereocenters. The second-order valence-electron chi connectivity index (χ2n) is 6.09. The highest BCUT2D eigenvalue weighted by Gasteiger charge is 2.22. The van der Waals surface area contributed by atoms with Crippen molar-refractivity contribution in [3.63, 3.8) is 0 Å². The molecule has 1 amide bonds. The number of benzene rings is 1. The molecule has 6 heteroatoms. The number of aromatic amines is 1. The predicted octanol–water partition coefficient (Wildman–Crippen LogP) is 3.23. The number of anilines is 1. The van der Waals surface area contributed by atoms with Gasteiger partial charge < -0.3 is 10.3 Å². The number of carbonyl (C=O) groups excluding carboxylic acids is 1. The zero-order chi connectivity index (χ0) is 16.5. The number of H-pyrrole nitrogens is 1. The van der Waals surface area contributed by atoms with E-state index in [1.54, 1.807) is 19.1 Å². The third kappa shape index (κ3) is 3.73. The van der Waals surface area contributed by atoms with Crippen LogP contribution < -0.4 is 10.9 Å². The summed E-state index contributed by atoms with van der Waals surface area (Å²) in [4.78, 5) is 31.6. The van der Waals surface area contributed by atoms with Crippen molar-refractivity contribution in [2.75, 3.05) is 5.32 Å². The van der Waals surface area contributed by atoms with Crippen LogP contribution >= 0.6 is 22.6 Å². The summed E-state index contributed by atoms with van der Waals surface area (Å²) >= 11 is 2.19. The van der Waals surface area contributed by atoms with Crippen LogP contribution in [0.3, 0.4) is 0 Å². The minimum Gasteiger partial charge on any atom is -0.322 e. The molecular weight excluding hydrogens is 393 g/mol. The second-order valence-corrected chi connectivity index (χ2v) is 7.33. The number of aromatic nitrogens is 2. The molecule has 0 aliphatic carbocycles. The molecule has 2 rings (SSSR count). The fourth-order valence-corrected chi connectivity index (χ4v) is 2.29. The van der Waals surface area contributed by atoms with Gasteiger partial charge in [-0.1, -0.05) is 20.8 Å². The van der Waals surface area contributed by atoms with E-state index in [0.29, 0.717) is 17.2 Å². The minimum atomic E-state index is -0.451. The van der Waals surface area contributed by atoms with Crippen molar-refractivity contribution in [3.05, 3.63) is 55.3 Å². The van der Waals surface area contributed by atoms with Gasteiger partial charge in [0.1, 0.15) is 11.4 Å². The number of rotatable bonds is 2. The molecule has 1 aromatic carbocycles. The number of nitrogens with one attached hydrogen (secondary N) is 2. The minimum absolute atomic E-state index is 0.0477. The molecule has 0 aliphatic heterocycles. The molecule has 2 N–H and O–H groups in total. The van der Waals surface area contributed by atoms with Crippen molar-refractivity contribution in [2.45, 2.75) is 33.1 Å². The lowest BCUT2D eigenvalue weighted by Crippen LogP contribution is -2.30. The van der Waals surface area contributed by atoms with Gasteiger partial charge in [0.15, 0.2) is 0 Å². The van der Waals surface area contributed by atoms with E-state index in [0.717, 1.165) is 3.57 Å². The number of carbonyl (C=O) groups is 1. The van der Waals surface area contributed by atoms with Crippen molar-refractivity contribution in [1.29, 1.82) is 0 Å². The van der Waals surface area contributed by atoms with Crippen molar-refractivity contribution < 1.29 is 4.79 Å². The highest BCUT2D eigenvalue weighted by atomic mass is 127. The summed E-state index contributed by atoms with van der Waals surface area (Å²) in [5, 5.41) is 2.72. The van der Waals surface area contributed by atoms with Gasteiger partial charge in [0, 0.05) is 14.7 Å². The third-order valence-corrected chi connectivity index (χ3v) is 3.86. The Morgan fingerprint density at radius 3 is 2.32 bits per heavy atom. The summed E-state index contributed by atoms with van der Waals surface area (Å²) < 4.78 is 1.07. The third-order valence-electron chi connectivity index (χ3n) is 3.14. The highest BCUT2D eigenvalue weighted by Crippen LogP contribution is 2.18. The molecular formula is C16H18IN3O2. The van der Waals surface area contributed by atoms with Crippen molar-refractivity contribution in [2.24, 2.45) is 0 Å². The summed E-state index contributed by atoms with van der Waals surface area (Å²) in [7, 11) is 0. The Morgan fingerprint density at radius 1 is 1.23 bits per heavy atom. The van der Waals surface area contributed by atoms with Crippen LogP contribution in [-0.4, -0.2) is 15.9 Å². The van der Waals surface area contributed by atoms with Gasteiger partial charge >= 0.3 is 0 Å². The first-order valence-electron chi connectivity index (χ1n) is 6.87. The van der Waals surface area contributed by atoms with Gasteiger partial charge in [-0.25, -0.2) is 4.98 Å². The lowest BCUT2D eigenvalue weighted by Gasteiger charge is -2.18. The molecule has 0 radical (unpaired) electrons. The standard InChI is InChI=1S/C16H18IN3O2/c1-9-12(14(22)20-15(18-9)16(2,3)4)13(21)19-11-7-5-10(17)6-8-11/h5-8H,1-4H3,(H,19,21)(H,18,20,22). The van der Waals surface area contributed by atoms with Gasteiger partial charge in [0.2, 0.25) is 0 Å². The maximum absolute atomic E-state index is 12.3. The Morgan fingerprint density at radius 2 is 1.82 bits per heavy atom. The number of nitrogens with zero attached hydrogens (tertiary/aromatic N) is 1. The zero-order valence-electron chi connectivity index (χ0n) is 13.0. The van der Waals surface area contributed by atoms with E-state index in [-0.39, 0.29) is 11.0 Å². The highest BCUT2D eigenvalue weighted by molar-refractivity contribution is 14.1. The average Bonchev–Trinajstić information content (AvgIpc) is 2.39. The van der Waals surface area contributed by atoms with Crippen molar-refractivity contribution in [3.8, 4) is 0 Å². The summed E-state index contributed by atoms with van der Waals surface area (Å²) in [5.74, 6) is 0.119. The summed E-state index contributed by atoms with van der Waals surface area (Å²) in [5.41, 5.74) is 0.419. The lowest BCUT2D eigenvalue weighted by molar-refractivity contribution is 0.102. The largest absolute Gasteiger partial charge is 0.322 e. The molecule has 0 saturated heterocycles. The second kappa shape index (κ2) is 6.20. The maximum atomic E-state index is 12.3.